The molecule has 0 fully saturated rings. The van der Waals surface area contributed by atoms with Crippen LogP contribution in [0.2, 0.25) is 0 Å². The third-order valence-corrected chi connectivity index (χ3v) is 8.55. The van der Waals surface area contributed by atoms with Crippen LogP contribution in [0.1, 0.15) is 31.1 Å². The van der Waals surface area contributed by atoms with E-state index in [-0.39, 0.29) is 0 Å². The van der Waals surface area contributed by atoms with E-state index >= 15 is 0 Å². The normalized spacial score (nSPS) is 10.7. The Morgan fingerprint density at radius 2 is 0.600 bits per heavy atom. The van der Waals surface area contributed by atoms with E-state index < -0.39 is 124 Å². The van der Waals surface area contributed by atoms with E-state index in [0.717, 1.165) is 0 Å². The molecule has 3 aromatic rings. The summed E-state index contributed by atoms with van der Waals surface area (Å²) in [7, 11) is -4.23. The maximum atomic E-state index is 14.0. The van der Waals surface area contributed by atoms with Gasteiger partial charge in [-0.1, -0.05) is 0 Å². The summed E-state index contributed by atoms with van der Waals surface area (Å²) in [5.41, 5.74) is -7.06. The van der Waals surface area contributed by atoms with Gasteiger partial charge in [0.1, 0.15) is 7.14 Å². The number of benzene rings is 3. The molecule has 50 heavy (non-hydrogen) atoms. The summed E-state index contributed by atoms with van der Waals surface area (Å²) < 4.78 is 14.0. The first-order chi connectivity index (χ1) is 23.3. The van der Waals surface area contributed by atoms with Gasteiger partial charge in [-0.05, 0) is 0 Å². The minimum Gasteiger partial charge on any atom is -0.345 e. The van der Waals surface area contributed by atoms with Crippen LogP contribution in [0.25, 0.3) is 0 Å². The van der Waals surface area contributed by atoms with E-state index in [2.05, 4.69) is 16.0 Å². The van der Waals surface area contributed by atoms with Crippen LogP contribution >= 0.6 is 7.14 Å². The van der Waals surface area contributed by atoms with Crippen molar-refractivity contribution in [1.29, 1.82) is 0 Å². The van der Waals surface area contributed by atoms with Crippen LogP contribution < -0.4 is 16.0 Å². The highest BCUT2D eigenvalue weighted by molar-refractivity contribution is 7.63. The van der Waals surface area contributed by atoms with Crippen LogP contribution in [0.15, 0.2) is 54.6 Å². The summed E-state index contributed by atoms with van der Waals surface area (Å²) in [6.07, 6.45) is -2.90. The minimum atomic E-state index is -4.23. The highest BCUT2D eigenvalue weighted by Gasteiger charge is 2.29. The number of carbonyl (C=O) groups is 3. The summed E-state index contributed by atoms with van der Waals surface area (Å²) >= 11 is 0. The maximum Gasteiger partial charge on any atom is 0.277 e. The van der Waals surface area contributed by atoms with Crippen molar-refractivity contribution in [3.8, 4) is 0 Å². The smallest absolute Gasteiger partial charge is 0.277 e. The number of hydrogen-bond acceptors (Lipinski definition) is 16. The number of rotatable bonds is 15. The highest BCUT2D eigenvalue weighted by atomic mass is 31.2. The molecule has 0 aliphatic rings. The van der Waals surface area contributed by atoms with Gasteiger partial charge in [0.15, 0.2) is 0 Å². The van der Waals surface area contributed by atoms with Gasteiger partial charge in [0.05, 0.1) is 83.3 Å². The van der Waals surface area contributed by atoms with Gasteiger partial charge in [0.25, 0.3) is 51.8 Å². The van der Waals surface area contributed by atoms with Crippen molar-refractivity contribution < 1.29 is 48.5 Å². The molecule has 0 aliphatic carbocycles. The molecule has 0 unspecified atom stereocenters. The highest BCUT2D eigenvalue weighted by Crippen LogP contribution is 2.42. The monoisotopic (exact) mass is 719 g/mol. The van der Waals surface area contributed by atoms with Gasteiger partial charge in [-0.25, -0.2) is 0 Å². The van der Waals surface area contributed by atoms with Gasteiger partial charge >= 0.3 is 0 Å². The van der Waals surface area contributed by atoms with Crippen molar-refractivity contribution in [1.82, 2.24) is 16.0 Å². The summed E-state index contributed by atoms with van der Waals surface area (Å²) in [6.45, 7) is 0. The largest absolute Gasteiger partial charge is 0.345 e. The summed E-state index contributed by atoms with van der Waals surface area (Å²) in [5.74, 6) is -3.75. The number of hydrogen-bond donors (Lipinski definition) is 3. The molecule has 0 aliphatic heterocycles. The Balaban J connectivity index is 1.93. The molecule has 3 aromatic carbocycles. The number of nitrogens with one attached hydrogen (secondary N) is 3. The van der Waals surface area contributed by atoms with Crippen LogP contribution in [0.3, 0.4) is 0 Å². The van der Waals surface area contributed by atoms with Gasteiger partial charge in [-0.3, -0.25) is 75.1 Å². The zero-order valence-electron chi connectivity index (χ0n) is 24.5. The number of non-ortho nitro benzene ring substituents is 6. The summed E-state index contributed by atoms with van der Waals surface area (Å²) in [4.78, 5) is 99.6. The minimum absolute atomic E-state index is 0.559. The first-order valence-electron chi connectivity index (χ1n) is 13.0. The average molecular weight is 719 g/mol. The third kappa shape index (κ3) is 9.38. The lowest BCUT2D eigenvalue weighted by molar-refractivity contribution is -0.394. The van der Waals surface area contributed by atoms with E-state index in [4.69, 9.17) is 0 Å². The van der Waals surface area contributed by atoms with Gasteiger partial charge in [-0.15, -0.1) is 0 Å². The predicted octanol–water partition coefficient (Wildman–Crippen LogP) is 2.96. The molecule has 0 spiro atoms. The standard InChI is InChI=1S/C24H18N9O16P/c34-22(13-1-16(28(37)38)7-17(2-13)29(39)40)25-10-50(49,11-26-23(35)14-3-18(30(41)42)8-19(4-14)31(43)44)12-27-24(36)15-5-20(32(45)46)9-21(6-15)33(47)48/h1-9H,10-12H2,(H,25,34)(H,26,35)(H,27,36). The SMILES string of the molecule is O=C(NCP(=O)(CNC(=O)c1cc([N+](=O)[O-])cc([N+](=O)[O-])c1)CNC(=O)c1cc([N+](=O)[O-])cc([N+](=O)[O-])c1)c1cc([N+](=O)[O-])cc([N+](=O)[O-])c1. The lowest BCUT2D eigenvalue weighted by Crippen LogP contribution is -2.35. The van der Waals surface area contributed by atoms with Gasteiger partial charge in [0, 0.05) is 36.4 Å². The lowest BCUT2D eigenvalue weighted by Gasteiger charge is -2.20. The van der Waals surface area contributed by atoms with Crippen LogP contribution in [-0.2, 0) is 4.57 Å². The molecule has 3 rings (SSSR count). The molecular formula is C24H18N9O16P. The first-order valence-corrected chi connectivity index (χ1v) is 15.3. The molecule has 26 heteroatoms. The van der Waals surface area contributed by atoms with E-state index in [9.17, 15) is 79.6 Å². The molecule has 260 valence electrons. The van der Waals surface area contributed by atoms with E-state index in [0.29, 0.717) is 54.6 Å². The topological polar surface area (TPSA) is 363 Å². The number of nitro groups is 6. The second-order valence-electron chi connectivity index (χ2n) is 9.81. The fourth-order valence-corrected chi connectivity index (χ4v) is 5.56. The van der Waals surface area contributed by atoms with Crippen molar-refractivity contribution in [2.75, 3.05) is 18.9 Å². The molecule has 3 N–H and O–H groups in total. The lowest BCUT2D eigenvalue weighted by atomic mass is 10.1. The Morgan fingerprint density at radius 3 is 0.760 bits per heavy atom. The molecule has 0 aromatic heterocycles. The second kappa shape index (κ2) is 15.1. The number of carbonyl (C=O) groups excluding carboxylic acids is 3. The zero-order valence-corrected chi connectivity index (χ0v) is 25.4. The quantitative estimate of drug-likeness (QED) is 0.115. The molecule has 0 heterocycles. The second-order valence-corrected chi connectivity index (χ2v) is 12.9. The van der Waals surface area contributed by atoms with Gasteiger partial charge in [0.2, 0.25) is 0 Å². The summed E-state index contributed by atoms with van der Waals surface area (Å²) in [5, 5.41) is 73.5. The van der Waals surface area contributed by atoms with Crippen molar-refractivity contribution in [3.63, 3.8) is 0 Å². The van der Waals surface area contributed by atoms with Crippen LogP contribution in [0.4, 0.5) is 34.1 Å². The average Bonchev–Trinajstić information content (AvgIpc) is 3.07. The van der Waals surface area contributed by atoms with Crippen LogP contribution in [0, 0.1) is 60.7 Å². The summed E-state index contributed by atoms with van der Waals surface area (Å²) in [6, 6.07) is 5.60. The zero-order chi connectivity index (χ0) is 37.5. The Morgan fingerprint density at radius 1 is 0.420 bits per heavy atom. The third-order valence-electron chi connectivity index (χ3n) is 6.34. The molecule has 3 amide bonds. The van der Waals surface area contributed by atoms with E-state index in [1.54, 1.807) is 0 Å². The number of nitrogens with zero attached hydrogens (tertiary/aromatic N) is 6. The van der Waals surface area contributed by atoms with Crippen LogP contribution in [0.5, 0.6) is 0 Å². The van der Waals surface area contributed by atoms with Gasteiger partial charge in [-0.2, -0.15) is 0 Å². The fraction of sp³-hybridized carbons (Fsp3) is 0.125. The Labute approximate surface area is 274 Å². The number of nitro benzene ring substituents is 6. The Bertz CT molecular complexity index is 1730. The van der Waals surface area contributed by atoms with Crippen molar-refractivity contribution in [3.05, 3.63) is 132 Å². The van der Waals surface area contributed by atoms with Crippen molar-refractivity contribution in [2.24, 2.45) is 0 Å². The molecule has 0 bridgehead atoms. The molecular weight excluding hydrogens is 701 g/mol. The van der Waals surface area contributed by atoms with Crippen molar-refractivity contribution in [2.45, 2.75) is 0 Å². The molecule has 25 nitrogen and oxygen atoms in total. The van der Waals surface area contributed by atoms with Gasteiger partial charge < -0.3 is 20.5 Å². The first kappa shape index (κ1) is 37.2. The van der Waals surface area contributed by atoms with Crippen molar-refractivity contribution >= 4 is 59.0 Å². The molecule has 0 saturated carbocycles. The molecule has 0 atom stereocenters. The fourth-order valence-electron chi connectivity index (χ4n) is 3.93. The Hall–Kier alpha value is -7.30. The molecule has 0 saturated heterocycles. The van der Waals surface area contributed by atoms with Crippen LogP contribution in [-0.4, -0.2) is 66.1 Å². The van der Waals surface area contributed by atoms with E-state index in [1.165, 1.54) is 0 Å². The maximum absolute atomic E-state index is 14.0. The molecule has 0 radical (unpaired) electrons. The predicted molar refractivity (Wildman–Crippen MR) is 164 cm³/mol. The van der Waals surface area contributed by atoms with E-state index in [1.807, 2.05) is 0 Å². The number of amides is 3. The Kier molecular flexibility index (Phi) is 11.2.